The summed E-state index contributed by atoms with van der Waals surface area (Å²) in [6.07, 6.45) is 7.20. The topological polar surface area (TPSA) is 74.3 Å². The molecule has 1 aliphatic carbocycles. The molecule has 6 nitrogen and oxygen atoms in total. The number of rotatable bonds is 7. The van der Waals surface area contributed by atoms with Crippen LogP contribution < -0.4 is 10.6 Å². The van der Waals surface area contributed by atoms with Gasteiger partial charge in [-0.3, -0.25) is 9.59 Å². The first-order valence-corrected chi connectivity index (χ1v) is 14.6. The average molecular weight is 539 g/mol. The van der Waals surface area contributed by atoms with Crippen molar-refractivity contribution in [3.63, 3.8) is 0 Å². The van der Waals surface area contributed by atoms with Crippen molar-refractivity contribution in [3.8, 4) is 11.1 Å². The summed E-state index contributed by atoms with van der Waals surface area (Å²) < 4.78 is 1.10. The van der Waals surface area contributed by atoms with Gasteiger partial charge in [0.05, 0.1) is 22.3 Å². The summed E-state index contributed by atoms with van der Waals surface area (Å²) in [5.74, 6) is 0.106. The Bertz CT molecular complexity index is 1270. The van der Waals surface area contributed by atoms with Crippen LogP contribution in [0, 0.1) is 5.92 Å². The molecule has 0 radical (unpaired) electrons. The molecule has 1 aliphatic heterocycles. The van der Waals surface area contributed by atoms with Crippen LogP contribution in [0.2, 0.25) is 5.02 Å². The lowest BCUT2D eigenvalue weighted by Crippen LogP contribution is -2.55. The SMILES string of the molecule is CN[C@@H](C)C(=O)N[C@H](C(=O)N1CCC[C@@H]1c1nc2c(-c3cccc(Cl)c3)cccc2s1)C1CCCCC1. The summed E-state index contributed by atoms with van der Waals surface area (Å²) in [5, 5.41) is 7.79. The number of benzene rings is 2. The number of para-hydroxylation sites is 1. The Kier molecular flexibility index (Phi) is 8.12. The number of fused-ring (bicyclic) bond motifs is 1. The van der Waals surface area contributed by atoms with Gasteiger partial charge in [0.25, 0.3) is 0 Å². The van der Waals surface area contributed by atoms with Gasteiger partial charge in [-0.25, -0.2) is 4.98 Å². The van der Waals surface area contributed by atoms with E-state index in [1.54, 1.807) is 18.4 Å². The quantitative estimate of drug-likeness (QED) is 0.389. The number of hydrogen-bond donors (Lipinski definition) is 2. The zero-order chi connectivity index (χ0) is 25.9. The lowest BCUT2D eigenvalue weighted by Gasteiger charge is -2.35. The summed E-state index contributed by atoms with van der Waals surface area (Å²) in [6, 6.07) is 13.2. The van der Waals surface area contributed by atoms with Crippen molar-refractivity contribution in [1.29, 1.82) is 0 Å². The van der Waals surface area contributed by atoms with Crippen LogP contribution in [0.5, 0.6) is 0 Å². The van der Waals surface area contributed by atoms with Crippen LogP contribution in [0.4, 0.5) is 0 Å². The number of hydrogen-bond acceptors (Lipinski definition) is 5. The third-order valence-electron chi connectivity index (χ3n) is 7.90. The van der Waals surface area contributed by atoms with Crippen molar-refractivity contribution in [2.24, 2.45) is 5.92 Å². The van der Waals surface area contributed by atoms with Gasteiger partial charge in [0.2, 0.25) is 11.8 Å². The molecule has 5 rings (SSSR count). The van der Waals surface area contributed by atoms with Gasteiger partial charge >= 0.3 is 0 Å². The zero-order valence-corrected chi connectivity index (χ0v) is 23.1. The fourth-order valence-corrected chi connectivity index (χ4v) is 7.05. The monoisotopic (exact) mass is 538 g/mol. The summed E-state index contributed by atoms with van der Waals surface area (Å²) >= 11 is 7.93. The van der Waals surface area contributed by atoms with Gasteiger partial charge in [-0.2, -0.15) is 0 Å². The summed E-state index contributed by atoms with van der Waals surface area (Å²) in [6.45, 7) is 2.52. The molecule has 2 aromatic carbocycles. The normalized spacial score (nSPS) is 20.2. The molecule has 1 aromatic heterocycles. The second kappa shape index (κ2) is 11.5. The van der Waals surface area contributed by atoms with Gasteiger partial charge in [-0.05, 0) is 69.3 Å². The number of nitrogens with one attached hydrogen (secondary N) is 2. The maximum absolute atomic E-state index is 14.1. The Morgan fingerprint density at radius 2 is 1.86 bits per heavy atom. The van der Waals surface area contributed by atoms with Crippen molar-refractivity contribution >= 4 is 45.0 Å². The lowest BCUT2D eigenvalue weighted by molar-refractivity contribution is -0.139. The molecular weight excluding hydrogens is 504 g/mol. The minimum atomic E-state index is -0.486. The molecule has 0 spiro atoms. The van der Waals surface area contributed by atoms with Crippen LogP contribution >= 0.6 is 22.9 Å². The van der Waals surface area contributed by atoms with Gasteiger partial charge in [0, 0.05) is 17.1 Å². The fraction of sp³-hybridized carbons (Fsp3) is 0.483. The van der Waals surface area contributed by atoms with Crippen LogP contribution in [0.3, 0.4) is 0 Å². The van der Waals surface area contributed by atoms with Crippen LogP contribution in [0.1, 0.15) is 62.9 Å². The minimum Gasteiger partial charge on any atom is -0.343 e. The molecule has 0 unspecified atom stereocenters. The Morgan fingerprint density at radius 1 is 1.08 bits per heavy atom. The van der Waals surface area contributed by atoms with E-state index in [2.05, 4.69) is 34.9 Å². The molecular formula is C29H35ClN4O2S. The number of aromatic nitrogens is 1. The van der Waals surface area contributed by atoms with E-state index in [1.165, 1.54) is 6.42 Å². The van der Waals surface area contributed by atoms with Gasteiger partial charge in [0.15, 0.2) is 0 Å². The molecule has 1 saturated carbocycles. The van der Waals surface area contributed by atoms with Crippen molar-refractivity contribution < 1.29 is 9.59 Å². The molecule has 3 atom stereocenters. The van der Waals surface area contributed by atoms with E-state index in [1.807, 2.05) is 30.0 Å². The highest BCUT2D eigenvalue weighted by molar-refractivity contribution is 7.18. The smallest absolute Gasteiger partial charge is 0.246 e. The number of thiazole rings is 1. The number of carbonyl (C=O) groups is 2. The fourth-order valence-electron chi connectivity index (χ4n) is 5.72. The number of halogens is 1. The summed E-state index contributed by atoms with van der Waals surface area (Å²) in [5.41, 5.74) is 3.03. The van der Waals surface area contributed by atoms with Crippen molar-refractivity contribution in [3.05, 3.63) is 52.5 Å². The number of likely N-dealkylation sites (tertiary alicyclic amines) is 1. The van der Waals surface area contributed by atoms with Gasteiger partial charge < -0.3 is 15.5 Å². The van der Waals surface area contributed by atoms with Gasteiger partial charge in [0.1, 0.15) is 11.0 Å². The molecule has 2 aliphatic rings. The molecule has 3 aromatic rings. The minimum absolute atomic E-state index is 0.0420. The van der Waals surface area contributed by atoms with Crippen LogP contribution in [0.15, 0.2) is 42.5 Å². The molecule has 2 heterocycles. The van der Waals surface area contributed by atoms with E-state index in [-0.39, 0.29) is 29.8 Å². The maximum atomic E-state index is 14.1. The van der Waals surface area contributed by atoms with Crippen LogP contribution in [-0.2, 0) is 9.59 Å². The van der Waals surface area contributed by atoms with E-state index in [0.29, 0.717) is 11.6 Å². The second-order valence-corrected chi connectivity index (χ2v) is 11.8. The first-order chi connectivity index (χ1) is 18.0. The molecule has 0 bridgehead atoms. The van der Waals surface area contributed by atoms with E-state index in [4.69, 9.17) is 16.6 Å². The number of amides is 2. The molecule has 1 saturated heterocycles. The van der Waals surface area contributed by atoms with Gasteiger partial charge in [-0.15, -0.1) is 11.3 Å². The average Bonchev–Trinajstić information content (AvgIpc) is 3.58. The first kappa shape index (κ1) is 26.1. The number of likely N-dealkylation sites (N-methyl/N-ethyl adjacent to an activating group) is 1. The predicted molar refractivity (Wildman–Crippen MR) is 151 cm³/mol. The Labute approximate surface area is 227 Å². The molecule has 8 heteroatoms. The molecule has 196 valence electrons. The highest BCUT2D eigenvalue weighted by Crippen LogP contribution is 2.40. The third kappa shape index (κ3) is 5.54. The second-order valence-electron chi connectivity index (χ2n) is 10.3. The van der Waals surface area contributed by atoms with E-state index in [0.717, 1.165) is 64.9 Å². The number of nitrogens with zero attached hydrogens (tertiary/aromatic N) is 2. The standard InChI is InChI=1S/C29H35ClN4O2S/c1-18(31-2)27(35)32-25(19-9-4-3-5-10-19)29(36)34-16-8-14-23(34)28-33-26-22(13-7-15-24(26)37-28)20-11-6-12-21(30)17-20/h6-7,11-13,15,17-19,23,25,31H,3-5,8-10,14,16H2,1-2H3,(H,32,35)/t18-,23+,25-/m0/s1. The lowest BCUT2D eigenvalue weighted by atomic mass is 9.83. The third-order valence-corrected chi connectivity index (χ3v) is 9.26. The summed E-state index contributed by atoms with van der Waals surface area (Å²) in [7, 11) is 1.77. The van der Waals surface area contributed by atoms with Crippen molar-refractivity contribution in [2.75, 3.05) is 13.6 Å². The summed E-state index contributed by atoms with van der Waals surface area (Å²) in [4.78, 5) is 34.0. The van der Waals surface area contributed by atoms with Crippen LogP contribution in [0.25, 0.3) is 21.3 Å². The highest BCUT2D eigenvalue weighted by Gasteiger charge is 2.40. The molecule has 2 fully saturated rings. The largest absolute Gasteiger partial charge is 0.343 e. The van der Waals surface area contributed by atoms with Crippen molar-refractivity contribution in [2.45, 2.75) is 70.0 Å². The Balaban J connectivity index is 1.44. The number of carbonyl (C=O) groups excluding carboxylic acids is 2. The molecule has 2 amide bonds. The zero-order valence-electron chi connectivity index (χ0n) is 21.5. The Morgan fingerprint density at radius 3 is 2.62 bits per heavy atom. The molecule has 37 heavy (non-hydrogen) atoms. The van der Waals surface area contributed by atoms with E-state index in [9.17, 15) is 9.59 Å². The highest BCUT2D eigenvalue weighted by atomic mass is 35.5. The van der Waals surface area contributed by atoms with Crippen molar-refractivity contribution in [1.82, 2.24) is 20.5 Å². The first-order valence-electron chi connectivity index (χ1n) is 13.4. The van der Waals surface area contributed by atoms with E-state index >= 15 is 0 Å². The van der Waals surface area contributed by atoms with Gasteiger partial charge in [-0.1, -0.05) is 55.1 Å². The Hall–Kier alpha value is -2.48. The maximum Gasteiger partial charge on any atom is 0.246 e. The van der Waals surface area contributed by atoms with Crippen LogP contribution in [-0.4, -0.2) is 47.4 Å². The molecule has 2 N–H and O–H groups in total. The predicted octanol–water partition coefficient (Wildman–Crippen LogP) is 5.95. The van der Waals surface area contributed by atoms with E-state index < -0.39 is 6.04 Å².